The number of fused-ring (bicyclic) bond motifs is 1. The summed E-state index contributed by atoms with van der Waals surface area (Å²) in [6.45, 7) is 2.34. The highest BCUT2D eigenvalue weighted by Gasteiger charge is 2.28. The Hall–Kier alpha value is -3.40. The third-order valence-corrected chi connectivity index (χ3v) is 6.51. The minimum absolute atomic E-state index is 0.107. The summed E-state index contributed by atoms with van der Waals surface area (Å²) >= 11 is 0. The summed E-state index contributed by atoms with van der Waals surface area (Å²) in [5, 5.41) is 1.07. The Kier molecular flexibility index (Phi) is 5.76. The molecule has 162 valence electrons. The molecule has 0 spiro atoms. The third-order valence-electron chi connectivity index (χ3n) is 6.51. The molecule has 0 bridgehead atoms. The van der Waals surface area contributed by atoms with Crippen LogP contribution in [0.4, 0.5) is 4.39 Å². The van der Waals surface area contributed by atoms with E-state index in [1.807, 2.05) is 47.4 Å². The lowest BCUT2D eigenvalue weighted by Crippen LogP contribution is -2.29. The number of carbonyl (C=O) groups is 1. The smallest absolute Gasteiger partial charge is 0.223 e. The molecule has 3 nitrogen and oxygen atoms in total. The number of hydrogen-bond donors (Lipinski definition) is 0. The first-order chi connectivity index (χ1) is 15.7. The first-order valence-corrected chi connectivity index (χ1v) is 11.3. The Bertz CT molecular complexity index is 1220. The molecule has 0 N–H and O–H groups in total. The van der Waals surface area contributed by atoms with E-state index in [1.54, 1.807) is 6.07 Å². The molecule has 3 aromatic carbocycles. The fourth-order valence-electron chi connectivity index (χ4n) is 4.88. The number of likely N-dealkylation sites (tertiary alicyclic amines) is 1. The number of aromatic nitrogens is 1. The number of nitrogens with zero attached hydrogens (tertiary/aromatic N) is 2. The minimum Gasteiger partial charge on any atom is -0.343 e. The standard InChI is InChI=1S/C28H27FN2O/c29-26-14-6-4-12-22(26)24(18-28(32)30-16-8-9-17-30)25-20-31(19-21-10-2-1-3-11-21)27-15-7-5-13-23(25)27/h1-7,10-15,20,24H,8-9,16-19H2. The number of para-hydroxylation sites is 1. The van der Waals surface area contributed by atoms with Gasteiger partial charge in [0.1, 0.15) is 5.82 Å². The van der Waals surface area contributed by atoms with Crippen molar-refractivity contribution in [1.29, 1.82) is 0 Å². The highest BCUT2D eigenvalue weighted by atomic mass is 19.1. The van der Waals surface area contributed by atoms with Gasteiger partial charge < -0.3 is 9.47 Å². The summed E-state index contributed by atoms with van der Waals surface area (Å²) in [5.41, 5.74) is 3.90. The Labute approximate surface area is 188 Å². The van der Waals surface area contributed by atoms with Crippen LogP contribution in [-0.4, -0.2) is 28.5 Å². The van der Waals surface area contributed by atoms with Gasteiger partial charge in [0.25, 0.3) is 0 Å². The van der Waals surface area contributed by atoms with E-state index in [1.165, 1.54) is 11.6 Å². The maximum absolute atomic E-state index is 15.0. The van der Waals surface area contributed by atoms with Crippen LogP contribution in [0, 0.1) is 5.82 Å². The molecular weight excluding hydrogens is 399 g/mol. The molecule has 0 radical (unpaired) electrons. The van der Waals surface area contributed by atoms with E-state index in [4.69, 9.17) is 0 Å². The predicted octanol–water partition coefficient (Wildman–Crippen LogP) is 5.97. The van der Waals surface area contributed by atoms with E-state index < -0.39 is 0 Å². The molecule has 1 aromatic heterocycles. The highest BCUT2D eigenvalue weighted by molar-refractivity contribution is 5.87. The number of hydrogen-bond acceptors (Lipinski definition) is 1. The van der Waals surface area contributed by atoms with Gasteiger partial charge in [-0.1, -0.05) is 66.7 Å². The summed E-state index contributed by atoms with van der Waals surface area (Å²) in [4.78, 5) is 15.1. The Morgan fingerprint density at radius 3 is 2.31 bits per heavy atom. The second-order valence-electron chi connectivity index (χ2n) is 8.58. The molecule has 1 aliphatic rings. The third kappa shape index (κ3) is 4.05. The summed E-state index contributed by atoms with van der Waals surface area (Å²) in [7, 11) is 0. The van der Waals surface area contributed by atoms with Gasteiger partial charge in [-0.15, -0.1) is 0 Å². The largest absolute Gasteiger partial charge is 0.343 e. The van der Waals surface area contributed by atoms with Crippen molar-refractivity contribution in [2.45, 2.75) is 31.7 Å². The zero-order valence-electron chi connectivity index (χ0n) is 18.1. The maximum Gasteiger partial charge on any atom is 0.223 e. The van der Waals surface area contributed by atoms with Crippen molar-refractivity contribution in [2.75, 3.05) is 13.1 Å². The van der Waals surface area contributed by atoms with E-state index >= 15 is 0 Å². The summed E-state index contributed by atoms with van der Waals surface area (Å²) < 4.78 is 17.2. The predicted molar refractivity (Wildman–Crippen MR) is 126 cm³/mol. The second kappa shape index (κ2) is 8.99. The molecule has 1 amide bonds. The van der Waals surface area contributed by atoms with E-state index in [0.29, 0.717) is 5.56 Å². The molecule has 1 fully saturated rings. The van der Waals surface area contributed by atoms with Crippen molar-refractivity contribution in [2.24, 2.45) is 0 Å². The SMILES string of the molecule is O=C(CC(c1ccccc1F)c1cn(Cc2ccccc2)c2ccccc12)N1CCCC1. The quantitative estimate of drug-likeness (QED) is 0.373. The molecule has 1 saturated heterocycles. The summed E-state index contributed by atoms with van der Waals surface area (Å²) in [6, 6.07) is 25.4. The van der Waals surface area contributed by atoms with Crippen molar-refractivity contribution in [3.8, 4) is 0 Å². The maximum atomic E-state index is 15.0. The lowest BCUT2D eigenvalue weighted by Gasteiger charge is -2.22. The molecule has 0 saturated carbocycles. The van der Waals surface area contributed by atoms with Gasteiger partial charge in [0.05, 0.1) is 0 Å². The number of carbonyl (C=O) groups excluding carboxylic acids is 1. The highest BCUT2D eigenvalue weighted by Crippen LogP contribution is 2.36. The Morgan fingerprint density at radius 2 is 1.53 bits per heavy atom. The molecule has 32 heavy (non-hydrogen) atoms. The van der Waals surface area contributed by atoms with Crippen LogP contribution < -0.4 is 0 Å². The second-order valence-corrected chi connectivity index (χ2v) is 8.58. The molecule has 4 heteroatoms. The van der Waals surface area contributed by atoms with E-state index in [-0.39, 0.29) is 24.1 Å². The van der Waals surface area contributed by atoms with Gasteiger partial charge in [0.15, 0.2) is 0 Å². The minimum atomic E-state index is -0.328. The molecule has 4 aromatic rings. The van der Waals surface area contributed by atoms with Crippen LogP contribution in [0.3, 0.4) is 0 Å². The molecule has 0 aliphatic carbocycles. The summed E-state index contributed by atoms with van der Waals surface area (Å²) in [5.74, 6) is -0.478. The molecule has 2 heterocycles. The Balaban J connectivity index is 1.59. The summed E-state index contributed by atoms with van der Waals surface area (Å²) in [6.07, 6.45) is 4.49. The van der Waals surface area contributed by atoms with Crippen LogP contribution in [0.25, 0.3) is 10.9 Å². The average Bonchev–Trinajstić information content (AvgIpc) is 3.48. The van der Waals surface area contributed by atoms with Crippen LogP contribution in [0.1, 0.15) is 41.9 Å². The first kappa shape index (κ1) is 20.5. The van der Waals surface area contributed by atoms with E-state index in [0.717, 1.165) is 48.9 Å². The van der Waals surface area contributed by atoms with Crippen LogP contribution in [0.2, 0.25) is 0 Å². The van der Waals surface area contributed by atoms with E-state index in [9.17, 15) is 9.18 Å². The van der Waals surface area contributed by atoms with Gasteiger partial charge in [-0.3, -0.25) is 4.79 Å². The fraction of sp³-hybridized carbons (Fsp3) is 0.250. The zero-order valence-corrected chi connectivity index (χ0v) is 18.1. The number of amides is 1. The fourth-order valence-corrected chi connectivity index (χ4v) is 4.88. The zero-order chi connectivity index (χ0) is 21.9. The van der Waals surface area contributed by atoms with Crippen molar-refractivity contribution in [3.05, 3.63) is 108 Å². The lowest BCUT2D eigenvalue weighted by atomic mass is 9.87. The van der Waals surface area contributed by atoms with Gasteiger partial charge in [-0.25, -0.2) is 4.39 Å². The van der Waals surface area contributed by atoms with Crippen molar-refractivity contribution in [1.82, 2.24) is 9.47 Å². The molecule has 1 aliphatic heterocycles. The van der Waals surface area contributed by atoms with Crippen LogP contribution >= 0.6 is 0 Å². The van der Waals surface area contributed by atoms with Gasteiger partial charge in [0.2, 0.25) is 5.91 Å². The Morgan fingerprint density at radius 1 is 0.844 bits per heavy atom. The molecule has 1 unspecified atom stereocenters. The molecule has 1 atom stereocenters. The normalized spacial score (nSPS) is 14.7. The van der Waals surface area contributed by atoms with Gasteiger partial charge in [-0.2, -0.15) is 0 Å². The molecule has 5 rings (SSSR count). The van der Waals surface area contributed by atoms with Crippen molar-refractivity contribution in [3.63, 3.8) is 0 Å². The van der Waals surface area contributed by atoms with Gasteiger partial charge in [-0.05, 0) is 41.7 Å². The monoisotopic (exact) mass is 426 g/mol. The van der Waals surface area contributed by atoms with Crippen LogP contribution in [0.5, 0.6) is 0 Å². The average molecular weight is 427 g/mol. The number of rotatable bonds is 6. The molecular formula is C28H27FN2O. The van der Waals surface area contributed by atoms with E-state index in [2.05, 4.69) is 35.0 Å². The van der Waals surface area contributed by atoms with Gasteiger partial charge in [0, 0.05) is 49.1 Å². The topological polar surface area (TPSA) is 25.2 Å². The lowest BCUT2D eigenvalue weighted by molar-refractivity contribution is -0.130. The number of benzene rings is 3. The van der Waals surface area contributed by atoms with Crippen molar-refractivity contribution < 1.29 is 9.18 Å². The van der Waals surface area contributed by atoms with Crippen LogP contribution in [0.15, 0.2) is 85.1 Å². The van der Waals surface area contributed by atoms with Gasteiger partial charge >= 0.3 is 0 Å². The van der Waals surface area contributed by atoms with Crippen molar-refractivity contribution >= 4 is 16.8 Å². The van der Waals surface area contributed by atoms with Crippen LogP contribution in [-0.2, 0) is 11.3 Å². The number of halogens is 1. The first-order valence-electron chi connectivity index (χ1n) is 11.3.